The van der Waals surface area contributed by atoms with Gasteiger partial charge in [0.25, 0.3) is 0 Å². The first-order valence-corrected chi connectivity index (χ1v) is 7.01. The monoisotopic (exact) mass is 294 g/mol. The maximum absolute atomic E-state index is 11.9. The summed E-state index contributed by atoms with van der Waals surface area (Å²) in [6.07, 6.45) is -0.474. The highest BCUT2D eigenvalue weighted by Crippen LogP contribution is 2.20. The van der Waals surface area contributed by atoms with Gasteiger partial charge in [-0.25, -0.2) is 4.79 Å². The van der Waals surface area contributed by atoms with Crippen LogP contribution in [0.4, 0.5) is 4.79 Å². The van der Waals surface area contributed by atoms with Crippen LogP contribution in [0.25, 0.3) is 0 Å². The Morgan fingerprint density at radius 3 is 2.36 bits per heavy atom. The molecule has 2 aromatic carbocycles. The Labute approximate surface area is 130 Å². The largest absolute Gasteiger partial charge is 0.445 e. The number of alkyl carbamates (subject to hydrolysis) is 1. The Kier molecular flexibility index (Phi) is 4.80. The maximum atomic E-state index is 11.9. The van der Waals surface area contributed by atoms with Crippen molar-refractivity contribution in [2.24, 2.45) is 0 Å². The predicted octanol–water partition coefficient (Wildman–Crippen LogP) is 3.72. The van der Waals surface area contributed by atoms with Crippen LogP contribution in [0.2, 0.25) is 0 Å². The van der Waals surface area contributed by atoms with Gasteiger partial charge in [-0.05, 0) is 37.1 Å². The molecule has 0 spiro atoms. The van der Waals surface area contributed by atoms with Gasteiger partial charge in [-0.1, -0.05) is 42.5 Å². The predicted molar refractivity (Wildman–Crippen MR) is 83.9 cm³/mol. The van der Waals surface area contributed by atoms with E-state index in [9.17, 15) is 4.79 Å². The first kappa shape index (κ1) is 15.6. The van der Waals surface area contributed by atoms with Gasteiger partial charge in [0.1, 0.15) is 6.61 Å². The van der Waals surface area contributed by atoms with E-state index in [0.29, 0.717) is 5.56 Å². The number of ether oxygens (including phenoxy) is 1. The van der Waals surface area contributed by atoms with E-state index in [2.05, 4.69) is 11.4 Å². The third kappa shape index (κ3) is 4.10. The molecule has 0 aromatic heterocycles. The second kappa shape index (κ2) is 6.77. The summed E-state index contributed by atoms with van der Waals surface area (Å²) in [6.45, 7) is 4.01. The van der Waals surface area contributed by atoms with Crippen molar-refractivity contribution in [3.8, 4) is 6.07 Å². The molecule has 0 aliphatic rings. The summed E-state index contributed by atoms with van der Waals surface area (Å²) in [6, 6.07) is 18.7. The normalized spacial score (nSPS) is 10.6. The molecule has 1 amide bonds. The lowest BCUT2D eigenvalue weighted by Crippen LogP contribution is -2.41. The molecule has 2 rings (SSSR count). The molecule has 0 unspecified atom stereocenters. The number of nitrogens with one attached hydrogen (secondary N) is 1. The fourth-order valence-corrected chi connectivity index (χ4v) is 2.05. The molecule has 0 aliphatic carbocycles. The molecule has 4 nitrogen and oxygen atoms in total. The lowest BCUT2D eigenvalue weighted by atomic mass is 9.94. The second-order valence-electron chi connectivity index (χ2n) is 5.50. The minimum atomic E-state index is -0.582. The van der Waals surface area contributed by atoms with Gasteiger partial charge in [0.2, 0.25) is 0 Å². The van der Waals surface area contributed by atoms with E-state index in [4.69, 9.17) is 10.00 Å². The Hall–Kier alpha value is -2.80. The number of carbonyl (C=O) groups is 1. The third-order valence-corrected chi connectivity index (χ3v) is 3.36. The Balaban J connectivity index is 1.95. The van der Waals surface area contributed by atoms with E-state index in [0.717, 1.165) is 11.1 Å². The van der Waals surface area contributed by atoms with Gasteiger partial charge in [-0.3, -0.25) is 0 Å². The molecule has 0 heterocycles. The van der Waals surface area contributed by atoms with E-state index >= 15 is 0 Å². The van der Waals surface area contributed by atoms with Crippen LogP contribution in [0, 0.1) is 11.3 Å². The smallest absolute Gasteiger partial charge is 0.408 e. The number of hydrogen-bond acceptors (Lipinski definition) is 3. The molecule has 0 atom stereocenters. The van der Waals surface area contributed by atoms with Crippen molar-refractivity contribution in [1.82, 2.24) is 5.32 Å². The average Bonchev–Trinajstić information content (AvgIpc) is 2.53. The van der Waals surface area contributed by atoms with Crippen LogP contribution in [-0.4, -0.2) is 6.09 Å². The second-order valence-corrected chi connectivity index (χ2v) is 5.50. The van der Waals surface area contributed by atoms with Crippen LogP contribution >= 0.6 is 0 Å². The third-order valence-electron chi connectivity index (χ3n) is 3.36. The summed E-state index contributed by atoms with van der Waals surface area (Å²) < 4.78 is 5.23. The fraction of sp³-hybridized carbons (Fsp3) is 0.222. The summed E-state index contributed by atoms with van der Waals surface area (Å²) in [5.74, 6) is 0. The Morgan fingerprint density at radius 2 is 1.77 bits per heavy atom. The van der Waals surface area contributed by atoms with Crippen molar-refractivity contribution in [3.63, 3.8) is 0 Å². The minimum Gasteiger partial charge on any atom is -0.445 e. The van der Waals surface area contributed by atoms with Gasteiger partial charge < -0.3 is 10.1 Å². The first-order chi connectivity index (χ1) is 10.5. The lowest BCUT2D eigenvalue weighted by molar-refractivity contribution is 0.129. The first-order valence-electron chi connectivity index (χ1n) is 7.01. The summed E-state index contributed by atoms with van der Waals surface area (Å²) in [5, 5.41) is 11.7. The van der Waals surface area contributed by atoms with Crippen LogP contribution in [0.3, 0.4) is 0 Å². The number of rotatable bonds is 4. The van der Waals surface area contributed by atoms with Gasteiger partial charge >= 0.3 is 6.09 Å². The number of nitrogens with zero attached hydrogens (tertiary/aromatic N) is 1. The van der Waals surface area contributed by atoms with Crippen LogP contribution < -0.4 is 5.32 Å². The summed E-state index contributed by atoms with van der Waals surface area (Å²) in [4.78, 5) is 11.9. The quantitative estimate of drug-likeness (QED) is 0.934. The molecule has 4 heteroatoms. The summed E-state index contributed by atoms with van der Waals surface area (Å²) in [7, 11) is 0. The Morgan fingerprint density at radius 1 is 1.14 bits per heavy atom. The van der Waals surface area contributed by atoms with Gasteiger partial charge in [0.05, 0.1) is 17.2 Å². The van der Waals surface area contributed by atoms with E-state index in [1.807, 2.05) is 56.3 Å². The number of amides is 1. The molecule has 22 heavy (non-hydrogen) atoms. The summed E-state index contributed by atoms with van der Waals surface area (Å²) in [5.41, 5.74) is 1.85. The molecule has 112 valence electrons. The number of hydrogen-bond donors (Lipinski definition) is 1. The van der Waals surface area contributed by atoms with Crippen molar-refractivity contribution < 1.29 is 9.53 Å². The molecule has 0 radical (unpaired) electrons. The number of benzene rings is 2. The molecule has 2 aromatic rings. The van der Waals surface area contributed by atoms with Crippen molar-refractivity contribution in [1.29, 1.82) is 5.26 Å². The van der Waals surface area contributed by atoms with Crippen molar-refractivity contribution in [2.75, 3.05) is 0 Å². The molecule has 0 fully saturated rings. The minimum absolute atomic E-state index is 0.232. The van der Waals surface area contributed by atoms with Gasteiger partial charge in [0, 0.05) is 0 Å². The zero-order chi connectivity index (χ0) is 16.0. The van der Waals surface area contributed by atoms with E-state index < -0.39 is 11.6 Å². The van der Waals surface area contributed by atoms with Gasteiger partial charge in [0.15, 0.2) is 0 Å². The van der Waals surface area contributed by atoms with E-state index in [1.54, 1.807) is 12.1 Å². The molecular formula is C18H18N2O2. The summed E-state index contributed by atoms with van der Waals surface area (Å²) >= 11 is 0. The highest BCUT2D eigenvalue weighted by Gasteiger charge is 2.23. The van der Waals surface area contributed by atoms with Crippen LogP contribution in [0.1, 0.15) is 30.5 Å². The van der Waals surface area contributed by atoms with Crippen molar-refractivity contribution >= 4 is 6.09 Å². The molecule has 0 bridgehead atoms. The molecule has 0 saturated carbocycles. The number of carbonyl (C=O) groups excluding carboxylic acids is 1. The Bertz CT molecular complexity index is 670. The standard InChI is InChI=1S/C18H18N2O2/c1-18(2,16-10-8-14(12-19)9-11-16)20-17(21)22-13-15-6-4-3-5-7-15/h3-11H,13H2,1-2H3,(H,20,21). The average molecular weight is 294 g/mol. The van der Waals surface area contributed by atoms with Crippen LogP contribution in [-0.2, 0) is 16.9 Å². The van der Waals surface area contributed by atoms with Gasteiger partial charge in [-0.2, -0.15) is 5.26 Å². The molecule has 0 saturated heterocycles. The van der Waals surface area contributed by atoms with E-state index in [-0.39, 0.29) is 6.61 Å². The lowest BCUT2D eigenvalue weighted by Gasteiger charge is -2.26. The zero-order valence-corrected chi connectivity index (χ0v) is 12.7. The topological polar surface area (TPSA) is 62.1 Å². The zero-order valence-electron chi connectivity index (χ0n) is 12.7. The van der Waals surface area contributed by atoms with Crippen molar-refractivity contribution in [2.45, 2.75) is 26.0 Å². The fourth-order valence-electron chi connectivity index (χ4n) is 2.05. The van der Waals surface area contributed by atoms with Crippen molar-refractivity contribution in [3.05, 3.63) is 71.3 Å². The molecule has 0 aliphatic heterocycles. The molecular weight excluding hydrogens is 276 g/mol. The van der Waals surface area contributed by atoms with Gasteiger partial charge in [-0.15, -0.1) is 0 Å². The van der Waals surface area contributed by atoms with E-state index in [1.165, 1.54) is 0 Å². The van der Waals surface area contributed by atoms with Crippen LogP contribution in [0.5, 0.6) is 0 Å². The van der Waals surface area contributed by atoms with Crippen LogP contribution in [0.15, 0.2) is 54.6 Å². The number of nitriles is 1. The SMILES string of the molecule is CC(C)(NC(=O)OCc1ccccc1)c1ccc(C#N)cc1. The highest BCUT2D eigenvalue weighted by atomic mass is 16.5. The highest BCUT2D eigenvalue weighted by molar-refractivity contribution is 5.68. The maximum Gasteiger partial charge on any atom is 0.408 e. The molecule has 1 N–H and O–H groups in total.